The third-order valence-corrected chi connectivity index (χ3v) is 3.40. The second kappa shape index (κ2) is 5.73. The van der Waals surface area contributed by atoms with Crippen molar-refractivity contribution >= 4 is 17.3 Å². The Morgan fingerprint density at radius 1 is 1.40 bits per heavy atom. The SMILES string of the molecule is O=C(CCc1cn[nH]n1)Nc1ccc2c(c1)CCCN2. The van der Waals surface area contributed by atoms with Crippen LogP contribution < -0.4 is 10.6 Å². The summed E-state index contributed by atoms with van der Waals surface area (Å²) >= 11 is 0. The van der Waals surface area contributed by atoms with Gasteiger partial charge in [-0.1, -0.05) is 0 Å². The molecule has 0 aliphatic carbocycles. The molecule has 0 spiro atoms. The lowest BCUT2D eigenvalue weighted by Crippen LogP contribution is -2.15. The van der Waals surface area contributed by atoms with Gasteiger partial charge in [0, 0.05) is 30.8 Å². The first-order valence-corrected chi connectivity index (χ1v) is 6.82. The largest absolute Gasteiger partial charge is 0.385 e. The van der Waals surface area contributed by atoms with Crippen molar-refractivity contribution in [2.24, 2.45) is 0 Å². The molecule has 1 aliphatic rings. The van der Waals surface area contributed by atoms with Crippen LogP contribution in [0, 0.1) is 0 Å². The van der Waals surface area contributed by atoms with Crippen LogP contribution >= 0.6 is 0 Å². The highest BCUT2D eigenvalue weighted by Gasteiger charge is 2.10. The van der Waals surface area contributed by atoms with E-state index in [4.69, 9.17) is 0 Å². The van der Waals surface area contributed by atoms with Gasteiger partial charge in [0.25, 0.3) is 0 Å². The molecule has 6 nitrogen and oxygen atoms in total. The van der Waals surface area contributed by atoms with Crippen LogP contribution in [0.1, 0.15) is 24.1 Å². The van der Waals surface area contributed by atoms with Gasteiger partial charge >= 0.3 is 0 Å². The van der Waals surface area contributed by atoms with E-state index in [-0.39, 0.29) is 5.91 Å². The summed E-state index contributed by atoms with van der Waals surface area (Å²) in [6, 6.07) is 6.02. The van der Waals surface area contributed by atoms with E-state index in [1.54, 1.807) is 6.20 Å². The number of fused-ring (bicyclic) bond motifs is 1. The average Bonchev–Trinajstić information content (AvgIpc) is 2.98. The molecule has 6 heteroatoms. The van der Waals surface area contributed by atoms with E-state index in [0.29, 0.717) is 12.8 Å². The Balaban J connectivity index is 1.58. The monoisotopic (exact) mass is 271 g/mol. The summed E-state index contributed by atoms with van der Waals surface area (Å²) < 4.78 is 0. The van der Waals surface area contributed by atoms with Gasteiger partial charge in [-0.3, -0.25) is 4.79 Å². The number of H-pyrrole nitrogens is 1. The number of nitrogens with zero attached hydrogens (tertiary/aromatic N) is 2. The Labute approximate surface area is 117 Å². The molecule has 0 bridgehead atoms. The normalized spacial score (nSPS) is 13.4. The Morgan fingerprint density at radius 3 is 3.20 bits per heavy atom. The smallest absolute Gasteiger partial charge is 0.224 e. The second-order valence-electron chi connectivity index (χ2n) is 4.91. The van der Waals surface area contributed by atoms with Crippen LogP contribution in [0.2, 0.25) is 0 Å². The molecule has 0 fully saturated rings. The number of aromatic nitrogens is 3. The maximum Gasteiger partial charge on any atom is 0.224 e. The van der Waals surface area contributed by atoms with Crippen LogP contribution in [0.15, 0.2) is 24.4 Å². The van der Waals surface area contributed by atoms with Crippen LogP contribution in [0.3, 0.4) is 0 Å². The van der Waals surface area contributed by atoms with Crippen molar-refractivity contribution in [2.45, 2.75) is 25.7 Å². The summed E-state index contributed by atoms with van der Waals surface area (Å²) in [6.07, 6.45) is 4.83. The van der Waals surface area contributed by atoms with Gasteiger partial charge < -0.3 is 10.6 Å². The summed E-state index contributed by atoms with van der Waals surface area (Å²) in [7, 11) is 0. The third kappa shape index (κ3) is 2.96. The number of hydrogen-bond acceptors (Lipinski definition) is 4. The first-order chi connectivity index (χ1) is 9.81. The number of aromatic amines is 1. The van der Waals surface area contributed by atoms with Gasteiger partial charge in [0.2, 0.25) is 5.91 Å². The van der Waals surface area contributed by atoms with Crippen LogP contribution in [0.5, 0.6) is 0 Å². The van der Waals surface area contributed by atoms with Crippen LogP contribution in [0.4, 0.5) is 11.4 Å². The summed E-state index contributed by atoms with van der Waals surface area (Å²) in [6.45, 7) is 1.02. The van der Waals surface area contributed by atoms with Gasteiger partial charge in [-0.05, 0) is 36.6 Å². The molecule has 1 aromatic carbocycles. The van der Waals surface area contributed by atoms with Gasteiger partial charge in [0.15, 0.2) is 0 Å². The summed E-state index contributed by atoms with van der Waals surface area (Å²) in [5, 5.41) is 16.5. The van der Waals surface area contributed by atoms with Crippen molar-refractivity contribution in [3.8, 4) is 0 Å². The zero-order valence-electron chi connectivity index (χ0n) is 11.1. The molecule has 2 heterocycles. The fourth-order valence-electron chi connectivity index (χ4n) is 2.36. The zero-order valence-corrected chi connectivity index (χ0v) is 11.1. The van der Waals surface area contributed by atoms with E-state index >= 15 is 0 Å². The molecule has 0 radical (unpaired) electrons. The molecule has 3 rings (SSSR count). The molecule has 104 valence electrons. The molecular weight excluding hydrogens is 254 g/mol. The van der Waals surface area contributed by atoms with E-state index in [2.05, 4.69) is 32.1 Å². The van der Waals surface area contributed by atoms with E-state index in [1.807, 2.05) is 12.1 Å². The quantitative estimate of drug-likeness (QED) is 0.791. The summed E-state index contributed by atoms with van der Waals surface area (Å²) in [5.41, 5.74) is 4.11. The van der Waals surface area contributed by atoms with Crippen molar-refractivity contribution < 1.29 is 4.79 Å². The molecule has 0 unspecified atom stereocenters. The molecule has 0 saturated heterocycles. The maximum absolute atomic E-state index is 11.9. The van der Waals surface area contributed by atoms with Crippen molar-refractivity contribution in [3.05, 3.63) is 35.7 Å². The molecule has 0 saturated carbocycles. The van der Waals surface area contributed by atoms with Gasteiger partial charge in [0.1, 0.15) is 0 Å². The Bertz CT molecular complexity index is 594. The molecule has 3 N–H and O–H groups in total. The fraction of sp³-hybridized carbons (Fsp3) is 0.357. The number of benzene rings is 1. The number of carbonyl (C=O) groups excluding carboxylic acids is 1. The molecule has 1 amide bonds. The van der Waals surface area contributed by atoms with E-state index in [9.17, 15) is 4.79 Å². The highest BCUT2D eigenvalue weighted by atomic mass is 16.1. The molecule has 0 atom stereocenters. The number of rotatable bonds is 4. The number of carbonyl (C=O) groups is 1. The van der Waals surface area contributed by atoms with Gasteiger partial charge in [-0.25, -0.2) is 0 Å². The van der Waals surface area contributed by atoms with Crippen molar-refractivity contribution in [2.75, 3.05) is 17.2 Å². The van der Waals surface area contributed by atoms with E-state index in [0.717, 1.165) is 30.8 Å². The fourth-order valence-corrected chi connectivity index (χ4v) is 2.36. The van der Waals surface area contributed by atoms with Gasteiger partial charge in [-0.2, -0.15) is 15.4 Å². The highest BCUT2D eigenvalue weighted by Crippen LogP contribution is 2.25. The van der Waals surface area contributed by atoms with Crippen molar-refractivity contribution in [1.82, 2.24) is 15.4 Å². The minimum Gasteiger partial charge on any atom is -0.385 e. The lowest BCUT2D eigenvalue weighted by atomic mass is 10.0. The number of amides is 1. The van der Waals surface area contributed by atoms with Crippen molar-refractivity contribution in [3.63, 3.8) is 0 Å². The predicted octanol–water partition coefficient (Wildman–Crippen LogP) is 1.73. The zero-order chi connectivity index (χ0) is 13.8. The van der Waals surface area contributed by atoms with Crippen LogP contribution in [-0.2, 0) is 17.6 Å². The first-order valence-electron chi connectivity index (χ1n) is 6.82. The molecule has 2 aromatic rings. The molecular formula is C14H17N5O. The first kappa shape index (κ1) is 12.7. The topological polar surface area (TPSA) is 82.7 Å². The number of anilines is 2. The predicted molar refractivity (Wildman–Crippen MR) is 76.6 cm³/mol. The Morgan fingerprint density at radius 2 is 2.35 bits per heavy atom. The van der Waals surface area contributed by atoms with Crippen LogP contribution in [0.25, 0.3) is 0 Å². The second-order valence-corrected chi connectivity index (χ2v) is 4.91. The molecule has 1 aromatic heterocycles. The molecule has 20 heavy (non-hydrogen) atoms. The average molecular weight is 271 g/mol. The number of nitrogens with one attached hydrogen (secondary N) is 3. The Kier molecular flexibility index (Phi) is 3.62. The van der Waals surface area contributed by atoms with Gasteiger partial charge in [-0.15, -0.1) is 0 Å². The highest BCUT2D eigenvalue weighted by molar-refractivity contribution is 5.91. The summed E-state index contributed by atoms with van der Waals surface area (Å²) in [4.78, 5) is 11.9. The summed E-state index contributed by atoms with van der Waals surface area (Å²) in [5.74, 6) is -0.00304. The Hall–Kier alpha value is -2.37. The standard InChI is InChI=1S/C14H17N5O/c20-14(6-4-12-9-16-19-18-12)17-11-3-5-13-10(8-11)2-1-7-15-13/h3,5,8-9,15H,1-2,4,6-7H2,(H,17,20)(H,16,18,19). The molecule has 1 aliphatic heterocycles. The maximum atomic E-state index is 11.9. The van der Waals surface area contributed by atoms with Crippen LogP contribution in [-0.4, -0.2) is 27.9 Å². The minimum absolute atomic E-state index is 0.00304. The lowest BCUT2D eigenvalue weighted by molar-refractivity contribution is -0.116. The van der Waals surface area contributed by atoms with Crippen molar-refractivity contribution in [1.29, 1.82) is 0 Å². The van der Waals surface area contributed by atoms with E-state index < -0.39 is 0 Å². The lowest BCUT2D eigenvalue weighted by Gasteiger charge is -2.18. The van der Waals surface area contributed by atoms with Gasteiger partial charge in [0.05, 0.1) is 11.9 Å². The minimum atomic E-state index is -0.00304. The number of hydrogen-bond donors (Lipinski definition) is 3. The third-order valence-electron chi connectivity index (χ3n) is 3.40. The number of aryl methyl sites for hydroxylation is 2. The van der Waals surface area contributed by atoms with E-state index in [1.165, 1.54) is 11.3 Å².